The van der Waals surface area contributed by atoms with Gasteiger partial charge in [-0.25, -0.2) is 4.39 Å². The van der Waals surface area contributed by atoms with Gasteiger partial charge in [-0.05, 0) is 23.6 Å². The lowest BCUT2D eigenvalue weighted by Crippen LogP contribution is -2.40. The van der Waals surface area contributed by atoms with Crippen LogP contribution in [0.5, 0.6) is 0 Å². The second-order valence-electron chi connectivity index (χ2n) is 3.69. The molecule has 5 nitrogen and oxygen atoms in total. The highest BCUT2D eigenvalue weighted by Gasteiger charge is 2.10. The molecule has 18 heavy (non-hydrogen) atoms. The number of nitrogens with zero attached hydrogens (tertiary/aromatic N) is 1. The predicted octanol–water partition coefficient (Wildman–Crippen LogP) is 1.15. The molecular formula is C12H10FN3O2. The minimum atomic E-state index is -0.581. The number of nitrogens with one attached hydrogen (secondary N) is 2. The number of halogens is 1. The van der Waals surface area contributed by atoms with Crippen molar-refractivity contribution >= 4 is 22.6 Å². The average Bonchev–Trinajstić information content (AvgIpc) is 2.36. The Morgan fingerprint density at radius 3 is 2.78 bits per heavy atom. The molecule has 0 aliphatic carbocycles. The molecular weight excluding hydrogens is 237 g/mol. The lowest BCUT2D eigenvalue weighted by Gasteiger charge is -2.06. The minimum Gasteiger partial charge on any atom is -0.274 e. The van der Waals surface area contributed by atoms with Crippen LogP contribution < -0.4 is 10.9 Å². The van der Waals surface area contributed by atoms with Gasteiger partial charge in [0.05, 0.1) is 0 Å². The number of aromatic nitrogens is 1. The summed E-state index contributed by atoms with van der Waals surface area (Å²) in [4.78, 5) is 26.1. The van der Waals surface area contributed by atoms with Crippen LogP contribution in [0, 0.1) is 5.82 Å². The first-order valence-electron chi connectivity index (χ1n) is 5.18. The number of carbonyl (C=O) groups is 2. The highest BCUT2D eigenvalue weighted by Crippen LogP contribution is 2.18. The minimum absolute atomic E-state index is 0.125. The van der Waals surface area contributed by atoms with Gasteiger partial charge in [-0.2, -0.15) is 0 Å². The number of fused-ring (bicyclic) bond motifs is 1. The van der Waals surface area contributed by atoms with Gasteiger partial charge in [0.1, 0.15) is 5.82 Å². The Morgan fingerprint density at radius 1 is 1.28 bits per heavy atom. The van der Waals surface area contributed by atoms with E-state index < -0.39 is 17.6 Å². The second-order valence-corrected chi connectivity index (χ2v) is 3.69. The fourth-order valence-corrected chi connectivity index (χ4v) is 1.50. The molecule has 0 fully saturated rings. The molecule has 0 saturated carbocycles. The number of amides is 2. The van der Waals surface area contributed by atoms with Gasteiger partial charge in [0.2, 0.25) is 5.91 Å². The molecule has 2 aromatic rings. The van der Waals surface area contributed by atoms with Gasteiger partial charge in [0.25, 0.3) is 5.91 Å². The summed E-state index contributed by atoms with van der Waals surface area (Å²) < 4.78 is 13.7. The van der Waals surface area contributed by atoms with Crippen molar-refractivity contribution in [3.8, 4) is 0 Å². The Kier molecular flexibility index (Phi) is 3.18. The van der Waals surface area contributed by atoms with Crippen molar-refractivity contribution in [2.45, 2.75) is 6.92 Å². The zero-order valence-electron chi connectivity index (χ0n) is 9.53. The number of rotatable bonds is 1. The van der Waals surface area contributed by atoms with Gasteiger partial charge in [0.15, 0.2) is 0 Å². The molecule has 92 valence electrons. The first-order valence-corrected chi connectivity index (χ1v) is 5.18. The number of hydrogen-bond acceptors (Lipinski definition) is 3. The number of pyridine rings is 1. The van der Waals surface area contributed by atoms with Gasteiger partial charge in [-0.15, -0.1) is 0 Å². The molecule has 1 heterocycles. The first-order chi connectivity index (χ1) is 8.58. The number of carbonyl (C=O) groups excluding carboxylic acids is 2. The van der Waals surface area contributed by atoms with E-state index in [-0.39, 0.29) is 5.56 Å². The summed E-state index contributed by atoms with van der Waals surface area (Å²) in [6.45, 7) is 1.26. The maximum absolute atomic E-state index is 13.7. The monoisotopic (exact) mass is 247 g/mol. The molecule has 0 aliphatic heterocycles. The van der Waals surface area contributed by atoms with Crippen molar-refractivity contribution in [3.63, 3.8) is 0 Å². The fraction of sp³-hybridized carbons (Fsp3) is 0.0833. The van der Waals surface area contributed by atoms with Crippen LogP contribution in [0.25, 0.3) is 10.8 Å². The van der Waals surface area contributed by atoms with Gasteiger partial charge in [0, 0.05) is 30.3 Å². The Bertz CT molecular complexity index is 628. The first kappa shape index (κ1) is 12.0. The third-order valence-corrected chi connectivity index (χ3v) is 2.32. The Morgan fingerprint density at radius 2 is 2.06 bits per heavy atom. The lowest BCUT2D eigenvalue weighted by atomic mass is 10.1. The average molecular weight is 247 g/mol. The van der Waals surface area contributed by atoms with E-state index in [9.17, 15) is 14.0 Å². The summed E-state index contributed by atoms with van der Waals surface area (Å²) in [5, 5.41) is 0.909. The molecule has 0 saturated heterocycles. The molecule has 6 heteroatoms. The quantitative estimate of drug-likeness (QED) is 0.743. The van der Waals surface area contributed by atoms with E-state index in [2.05, 4.69) is 15.8 Å². The third-order valence-electron chi connectivity index (χ3n) is 2.32. The van der Waals surface area contributed by atoms with E-state index in [1.54, 1.807) is 6.07 Å². The van der Waals surface area contributed by atoms with E-state index >= 15 is 0 Å². The summed E-state index contributed by atoms with van der Waals surface area (Å²) in [6.07, 6.45) is 2.90. The Labute approximate surface area is 102 Å². The SMILES string of the molecule is CC(=O)NNC(=O)c1cc(F)c2cnccc2c1. The molecule has 0 spiro atoms. The lowest BCUT2D eigenvalue weighted by molar-refractivity contribution is -0.119. The van der Waals surface area contributed by atoms with Crippen LogP contribution in [0.2, 0.25) is 0 Å². The number of benzene rings is 1. The zero-order chi connectivity index (χ0) is 13.1. The van der Waals surface area contributed by atoms with Crippen LogP contribution in [0.1, 0.15) is 17.3 Å². The third kappa shape index (κ3) is 2.42. The van der Waals surface area contributed by atoms with Crippen LogP contribution in [0.15, 0.2) is 30.6 Å². The normalized spacial score (nSPS) is 10.1. The van der Waals surface area contributed by atoms with E-state index in [0.29, 0.717) is 10.8 Å². The molecule has 2 rings (SSSR count). The van der Waals surface area contributed by atoms with Crippen molar-refractivity contribution < 1.29 is 14.0 Å². The van der Waals surface area contributed by atoms with E-state index in [4.69, 9.17) is 0 Å². The van der Waals surface area contributed by atoms with Gasteiger partial charge in [-0.3, -0.25) is 25.4 Å². The van der Waals surface area contributed by atoms with Crippen molar-refractivity contribution in [1.82, 2.24) is 15.8 Å². The van der Waals surface area contributed by atoms with Crippen LogP contribution in [-0.4, -0.2) is 16.8 Å². The van der Waals surface area contributed by atoms with Gasteiger partial charge >= 0.3 is 0 Å². The highest BCUT2D eigenvalue weighted by molar-refractivity contribution is 5.99. The maximum Gasteiger partial charge on any atom is 0.269 e. The Hall–Kier alpha value is -2.50. The molecule has 0 unspecified atom stereocenters. The van der Waals surface area contributed by atoms with Crippen LogP contribution >= 0.6 is 0 Å². The summed E-state index contributed by atoms with van der Waals surface area (Å²) in [7, 11) is 0. The van der Waals surface area contributed by atoms with Crippen LogP contribution in [0.3, 0.4) is 0 Å². The standard InChI is InChI=1S/C12H10FN3O2/c1-7(17)15-16-12(18)9-4-8-2-3-14-6-10(8)11(13)5-9/h2-6H,1H3,(H,15,17)(H,16,18). The molecule has 2 amide bonds. The predicted molar refractivity (Wildman–Crippen MR) is 63.0 cm³/mol. The fourth-order valence-electron chi connectivity index (χ4n) is 1.50. The number of hydrazine groups is 1. The van der Waals surface area contributed by atoms with Gasteiger partial charge in [-0.1, -0.05) is 0 Å². The molecule has 1 aromatic heterocycles. The molecule has 0 bridgehead atoms. The van der Waals surface area contributed by atoms with Crippen molar-refractivity contribution in [3.05, 3.63) is 42.0 Å². The second kappa shape index (κ2) is 4.79. The summed E-state index contributed by atoms with van der Waals surface area (Å²) in [5.74, 6) is -1.52. The summed E-state index contributed by atoms with van der Waals surface area (Å²) >= 11 is 0. The molecule has 0 radical (unpaired) electrons. The zero-order valence-corrected chi connectivity index (χ0v) is 9.53. The van der Waals surface area contributed by atoms with Crippen LogP contribution in [-0.2, 0) is 4.79 Å². The van der Waals surface area contributed by atoms with Crippen molar-refractivity contribution in [2.75, 3.05) is 0 Å². The smallest absolute Gasteiger partial charge is 0.269 e. The number of hydrogen-bond donors (Lipinski definition) is 2. The molecule has 1 aromatic carbocycles. The van der Waals surface area contributed by atoms with Crippen molar-refractivity contribution in [2.24, 2.45) is 0 Å². The van der Waals surface area contributed by atoms with E-state index in [1.165, 1.54) is 25.4 Å². The topological polar surface area (TPSA) is 71.1 Å². The molecule has 2 N–H and O–H groups in total. The molecule has 0 aliphatic rings. The summed E-state index contributed by atoms with van der Waals surface area (Å²) in [5.41, 5.74) is 4.43. The summed E-state index contributed by atoms with van der Waals surface area (Å²) in [6, 6.07) is 4.23. The molecule has 0 atom stereocenters. The van der Waals surface area contributed by atoms with Crippen LogP contribution in [0.4, 0.5) is 4.39 Å². The van der Waals surface area contributed by atoms with E-state index in [0.717, 1.165) is 6.07 Å². The highest BCUT2D eigenvalue weighted by atomic mass is 19.1. The van der Waals surface area contributed by atoms with E-state index in [1.807, 2.05) is 0 Å². The van der Waals surface area contributed by atoms with Crippen molar-refractivity contribution in [1.29, 1.82) is 0 Å². The largest absolute Gasteiger partial charge is 0.274 e. The van der Waals surface area contributed by atoms with Gasteiger partial charge < -0.3 is 0 Å². The Balaban J connectivity index is 2.34. The maximum atomic E-state index is 13.7.